The molecule has 1 rings (SSSR count). The highest BCUT2D eigenvalue weighted by atomic mass is 16.5. The van der Waals surface area contributed by atoms with Crippen LogP contribution in [0.25, 0.3) is 0 Å². The van der Waals surface area contributed by atoms with Gasteiger partial charge in [-0.3, -0.25) is 4.79 Å². The molecule has 0 aromatic rings. The number of carbonyl (C=O) groups is 2. The summed E-state index contributed by atoms with van der Waals surface area (Å²) in [5.41, 5.74) is 0. The third-order valence-electron chi connectivity index (χ3n) is 1.04. The molecule has 4 nitrogen and oxygen atoms in total. The zero-order valence-corrected chi connectivity index (χ0v) is 9.76. The minimum Gasteiger partial charge on any atom is -0.466 e. The van der Waals surface area contributed by atoms with E-state index in [2.05, 4.69) is 10.1 Å². The lowest BCUT2D eigenvalue weighted by atomic mass is 10.2. The summed E-state index contributed by atoms with van der Waals surface area (Å²) in [7, 11) is 3.75. The van der Waals surface area contributed by atoms with E-state index in [1.54, 1.807) is 0 Å². The molecule has 1 saturated heterocycles. The van der Waals surface area contributed by atoms with E-state index in [-0.39, 0.29) is 5.97 Å². The van der Waals surface area contributed by atoms with E-state index in [9.17, 15) is 4.79 Å². The highest BCUT2D eigenvalue weighted by Gasteiger charge is 2.06. The first-order chi connectivity index (χ1) is 6.81. The quantitative estimate of drug-likeness (QED) is 0.607. The van der Waals surface area contributed by atoms with Crippen LogP contribution in [0.2, 0.25) is 0 Å². The van der Waals surface area contributed by atoms with Crippen LogP contribution >= 0.6 is 0 Å². The number of ether oxygens (including phenoxy) is 1. The third-order valence-corrected chi connectivity index (χ3v) is 1.04. The van der Waals surface area contributed by atoms with Gasteiger partial charge in [0, 0.05) is 6.42 Å². The van der Waals surface area contributed by atoms with E-state index in [0.717, 1.165) is 12.8 Å². The van der Waals surface area contributed by atoms with Crippen LogP contribution in [0.15, 0.2) is 0 Å². The van der Waals surface area contributed by atoms with Gasteiger partial charge in [-0.1, -0.05) is 13.8 Å². The van der Waals surface area contributed by atoms with Crippen molar-refractivity contribution in [3.8, 4) is 0 Å². The normalized spacial score (nSPS) is 12.7. The smallest absolute Gasteiger partial charge is 0.305 e. The van der Waals surface area contributed by atoms with E-state index < -0.39 is 0 Å². The Bertz CT molecular complexity index is 99.5. The maximum absolute atomic E-state index is 10.2. The molecule has 14 heavy (non-hydrogen) atoms. The zero-order valence-electron chi connectivity index (χ0n) is 9.76. The first kappa shape index (κ1) is 18.8. The summed E-state index contributed by atoms with van der Waals surface area (Å²) in [5.74, 6) is -0.0359. The number of carbonyl (C=O) groups excluding carboxylic acids is 2. The topological polar surface area (TPSA) is 55.4 Å². The van der Waals surface area contributed by atoms with Gasteiger partial charge in [0.25, 0.3) is 0 Å². The average molecular weight is 205 g/mol. The number of hydrogen-bond donors (Lipinski definition) is 1. The lowest BCUT2D eigenvalue weighted by Crippen LogP contribution is -2.10. The van der Waals surface area contributed by atoms with Crippen molar-refractivity contribution in [2.45, 2.75) is 33.1 Å². The van der Waals surface area contributed by atoms with Crippen molar-refractivity contribution >= 4 is 12.8 Å². The molecule has 0 amide bonds. The summed E-state index contributed by atoms with van der Waals surface area (Å²) in [6.45, 7) is 6.64. The molecule has 1 heterocycles. The van der Waals surface area contributed by atoms with Gasteiger partial charge >= 0.3 is 5.97 Å². The molecule has 0 radical (unpaired) electrons. The molecule has 0 saturated carbocycles. The number of nitrogens with one attached hydrogen (secondary N) is 1. The Morgan fingerprint density at radius 3 is 1.79 bits per heavy atom. The molecule has 0 bridgehead atoms. The summed E-state index contributed by atoms with van der Waals surface area (Å²) < 4.78 is 4.64. The average Bonchev–Trinajstić information content (AvgIpc) is 2.26. The number of hydrogen-bond acceptors (Lipinski definition) is 4. The predicted molar refractivity (Wildman–Crippen MR) is 58.3 cm³/mol. The monoisotopic (exact) mass is 205 g/mol. The van der Waals surface area contributed by atoms with Crippen LogP contribution in [0.5, 0.6) is 0 Å². The van der Waals surface area contributed by atoms with Crippen LogP contribution < -0.4 is 5.32 Å². The van der Waals surface area contributed by atoms with Crippen molar-refractivity contribution in [3.05, 3.63) is 0 Å². The van der Waals surface area contributed by atoms with E-state index in [0.29, 0.717) is 13.0 Å². The Balaban J connectivity index is -0.000000148. The second-order valence-corrected chi connectivity index (χ2v) is 2.18. The Kier molecular flexibility index (Phi) is 30.5. The summed E-state index contributed by atoms with van der Waals surface area (Å²) >= 11 is 0. The highest BCUT2D eigenvalue weighted by molar-refractivity contribution is 5.69. The van der Waals surface area contributed by atoms with Gasteiger partial charge in [-0.15, -0.1) is 0 Å². The lowest BCUT2D eigenvalue weighted by molar-refractivity contribution is -0.146. The molecule has 1 N–H and O–H groups in total. The standard InChI is InChI=1S/C5H8O2.C2H7N.C2H6.CH2O/c6-5-3-1-2-4-7-5;1-3-2;2*1-2/h1-4H2;3H,1-2H3;1-2H3;1H2. The molecule has 0 spiro atoms. The van der Waals surface area contributed by atoms with Crippen molar-refractivity contribution in [2.75, 3.05) is 20.7 Å². The molecule has 0 unspecified atom stereocenters. The molecule has 86 valence electrons. The van der Waals surface area contributed by atoms with Crippen LogP contribution in [0.1, 0.15) is 33.1 Å². The van der Waals surface area contributed by atoms with Gasteiger partial charge < -0.3 is 14.8 Å². The second kappa shape index (κ2) is 22.7. The van der Waals surface area contributed by atoms with Crippen molar-refractivity contribution < 1.29 is 14.3 Å². The largest absolute Gasteiger partial charge is 0.466 e. The van der Waals surface area contributed by atoms with E-state index >= 15 is 0 Å². The Morgan fingerprint density at radius 2 is 1.64 bits per heavy atom. The van der Waals surface area contributed by atoms with Crippen molar-refractivity contribution in [2.24, 2.45) is 0 Å². The maximum atomic E-state index is 10.2. The Hall–Kier alpha value is -0.900. The number of cyclic esters (lactones) is 1. The molecule has 0 aromatic carbocycles. The van der Waals surface area contributed by atoms with Gasteiger partial charge in [0.15, 0.2) is 0 Å². The predicted octanol–water partition coefficient (Wildman–Crippen LogP) is 1.39. The first-order valence-corrected chi connectivity index (χ1v) is 4.84. The summed E-state index contributed by atoms with van der Waals surface area (Å²) in [6, 6.07) is 0. The third kappa shape index (κ3) is 22.5. The highest BCUT2D eigenvalue weighted by Crippen LogP contribution is 2.04. The minimum atomic E-state index is -0.0359. The van der Waals surface area contributed by atoms with Gasteiger partial charge in [0.05, 0.1) is 6.61 Å². The second-order valence-electron chi connectivity index (χ2n) is 2.18. The molecule has 1 aliphatic rings. The van der Waals surface area contributed by atoms with Crippen LogP contribution in [-0.4, -0.2) is 33.5 Å². The SMILES string of the molecule is C=O.CC.CNC.O=C1CCCCO1. The summed E-state index contributed by atoms with van der Waals surface area (Å²) in [5, 5.41) is 2.75. The van der Waals surface area contributed by atoms with Crippen LogP contribution in [0.4, 0.5) is 0 Å². The van der Waals surface area contributed by atoms with Crippen LogP contribution in [0.3, 0.4) is 0 Å². The van der Waals surface area contributed by atoms with Crippen molar-refractivity contribution in [1.82, 2.24) is 5.32 Å². The molecule has 0 aliphatic carbocycles. The molecule has 4 heteroatoms. The van der Waals surface area contributed by atoms with Crippen molar-refractivity contribution in [1.29, 1.82) is 0 Å². The van der Waals surface area contributed by atoms with Crippen LogP contribution in [0, 0.1) is 0 Å². The van der Waals surface area contributed by atoms with Gasteiger partial charge in [0.2, 0.25) is 0 Å². The molecule has 1 aliphatic heterocycles. The number of esters is 1. The van der Waals surface area contributed by atoms with Crippen molar-refractivity contribution in [3.63, 3.8) is 0 Å². The van der Waals surface area contributed by atoms with Crippen LogP contribution in [-0.2, 0) is 14.3 Å². The molecule has 0 aromatic heterocycles. The van der Waals surface area contributed by atoms with Gasteiger partial charge in [0.1, 0.15) is 6.79 Å². The fraction of sp³-hybridized carbons (Fsp3) is 0.800. The maximum Gasteiger partial charge on any atom is 0.305 e. The molecular formula is C10H23NO3. The Labute approximate surface area is 87.0 Å². The Morgan fingerprint density at radius 1 is 1.21 bits per heavy atom. The fourth-order valence-corrected chi connectivity index (χ4v) is 0.630. The van der Waals surface area contributed by atoms with Gasteiger partial charge in [-0.2, -0.15) is 0 Å². The van der Waals surface area contributed by atoms with E-state index in [4.69, 9.17) is 4.79 Å². The van der Waals surface area contributed by atoms with E-state index in [1.807, 2.05) is 34.7 Å². The van der Waals surface area contributed by atoms with E-state index in [1.165, 1.54) is 0 Å². The zero-order chi connectivity index (χ0) is 11.8. The summed E-state index contributed by atoms with van der Waals surface area (Å²) in [4.78, 5) is 18.2. The van der Waals surface area contributed by atoms with Gasteiger partial charge in [-0.25, -0.2) is 0 Å². The first-order valence-electron chi connectivity index (χ1n) is 4.84. The van der Waals surface area contributed by atoms with Gasteiger partial charge in [-0.05, 0) is 26.9 Å². The summed E-state index contributed by atoms with van der Waals surface area (Å²) in [6.07, 6.45) is 2.69. The molecule has 0 atom stereocenters. The minimum absolute atomic E-state index is 0.0359. The molecule has 1 fully saturated rings. The number of rotatable bonds is 0. The fourth-order valence-electron chi connectivity index (χ4n) is 0.630. The molecular weight excluding hydrogens is 182 g/mol. The lowest BCUT2D eigenvalue weighted by Gasteiger charge is -2.08.